The molecule has 1 aliphatic rings. The first-order valence-corrected chi connectivity index (χ1v) is 8.57. The molecule has 3 rings (SSSR count). The molecule has 0 aliphatic carbocycles. The second-order valence-corrected chi connectivity index (χ2v) is 6.16. The van der Waals surface area contributed by atoms with Crippen molar-refractivity contribution in [1.29, 1.82) is 0 Å². The molecule has 25 heavy (non-hydrogen) atoms. The highest BCUT2D eigenvalue weighted by Crippen LogP contribution is 2.16. The molecule has 1 fully saturated rings. The van der Waals surface area contributed by atoms with E-state index < -0.39 is 6.29 Å². The summed E-state index contributed by atoms with van der Waals surface area (Å²) in [4.78, 5) is 12.3. The van der Waals surface area contributed by atoms with E-state index in [2.05, 4.69) is 21.5 Å². The fourth-order valence-electron chi connectivity index (χ4n) is 2.61. The van der Waals surface area contributed by atoms with Crippen LogP contribution in [0.1, 0.15) is 12.5 Å². The zero-order valence-corrected chi connectivity index (χ0v) is 14.6. The van der Waals surface area contributed by atoms with Crippen LogP contribution in [0.25, 0.3) is 0 Å². The molecule has 7 heteroatoms. The molecule has 2 aromatic carbocycles. The number of hydrazine groups is 1. The van der Waals surface area contributed by atoms with Gasteiger partial charge >= 0.3 is 0 Å². The van der Waals surface area contributed by atoms with Gasteiger partial charge in [-0.25, -0.2) is 10.9 Å². The summed E-state index contributed by atoms with van der Waals surface area (Å²) in [5.74, 6) is 0.753. The minimum absolute atomic E-state index is 0.0767. The van der Waals surface area contributed by atoms with Gasteiger partial charge < -0.3 is 15.4 Å². The number of nitrogens with one attached hydrogen (secondary N) is 4. The van der Waals surface area contributed by atoms with E-state index in [9.17, 15) is 4.79 Å². The van der Waals surface area contributed by atoms with Crippen LogP contribution >= 0.6 is 11.6 Å². The SMILES string of the molecule is CCOc1ccc(CC2NNC(Nc3cccc(Cl)c3)NC2=O)cc1. The van der Waals surface area contributed by atoms with Gasteiger partial charge in [0, 0.05) is 10.7 Å². The van der Waals surface area contributed by atoms with Crippen molar-refractivity contribution >= 4 is 23.2 Å². The largest absolute Gasteiger partial charge is 0.494 e. The molecule has 1 amide bonds. The highest BCUT2D eigenvalue weighted by Gasteiger charge is 2.27. The lowest BCUT2D eigenvalue weighted by atomic mass is 10.1. The number of rotatable bonds is 6. The maximum atomic E-state index is 12.3. The van der Waals surface area contributed by atoms with Gasteiger partial charge in [0.25, 0.3) is 0 Å². The average molecular weight is 361 g/mol. The molecule has 0 saturated carbocycles. The molecule has 0 aromatic heterocycles. The minimum Gasteiger partial charge on any atom is -0.494 e. The number of hydrogen-bond donors (Lipinski definition) is 4. The molecule has 2 atom stereocenters. The number of carbonyl (C=O) groups excluding carboxylic acids is 1. The van der Waals surface area contributed by atoms with Crippen LogP contribution in [0.4, 0.5) is 5.69 Å². The standard InChI is InChI=1S/C18H21ClN4O2/c1-2-25-15-8-6-12(7-9-15)10-16-17(24)21-18(23-22-16)20-14-5-3-4-13(19)11-14/h3-9,11,16,18,20,22-23H,2,10H2,1H3,(H,21,24). The van der Waals surface area contributed by atoms with Crippen LogP contribution in [0.5, 0.6) is 5.75 Å². The fourth-order valence-corrected chi connectivity index (χ4v) is 2.80. The van der Waals surface area contributed by atoms with Crippen LogP contribution in [-0.2, 0) is 11.2 Å². The Morgan fingerprint density at radius 3 is 2.64 bits per heavy atom. The number of amides is 1. The summed E-state index contributed by atoms with van der Waals surface area (Å²) in [7, 11) is 0. The van der Waals surface area contributed by atoms with Gasteiger partial charge in [-0.05, 0) is 49.2 Å². The molecular formula is C18H21ClN4O2. The Bertz CT molecular complexity index is 723. The van der Waals surface area contributed by atoms with Gasteiger partial charge in [0.2, 0.25) is 5.91 Å². The summed E-state index contributed by atoms with van der Waals surface area (Å²) in [6.07, 6.45) is 0.164. The first-order valence-electron chi connectivity index (χ1n) is 8.19. The van der Waals surface area contributed by atoms with Crippen molar-refractivity contribution in [3.63, 3.8) is 0 Å². The van der Waals surface area contributed by atoms with E-state index in [0.717, 1.165) is 17.0 Å². The smallest absolute Gasteiger partial charge is 0.241 e. The summed E-state index contributed by atoms with van der Waals surface area (Å²) in [5.41, 5.74) is 7.98. The third-order valence-electron chi connectivity index (χ3n) is 3.81. The summed E-state index contributed by atoms with van der Waals surface area (Å²) >= 11 is 5.96. The average Bonchev–Trinajstić information content (AvgIpc) is 2.59. The van der Waals surface area contributed by atoms with Crippen molar-refractivity contribution in [2.24, 2.45) is 0 Å². The molecule has 0 radical (unpaired) electrons. The second-order valence-electron chi connectivity index (χ2n) is 5.72. The number of hydrogen-bond acceptors (Lipinski definition) is 5. The lowest BCUT2D eigenvalue weighted by molar-refractivity contribution is -0.126. The van der Waals surface area contributed by atoms with Crippen molar-refractivity contribution in [2.45, 2.75) is 25.7 Å². The van der Waals surface area contributed by atoms with E-state index in [0.29, 0.717) is 18.1 Å². The van der Waals surface area contributed by atoms with Crippen LogP contribution < -0.4 is 26.2 Å². The summed E-state index contributed by atoms with van der Waals surface area (Å²) in [6.45, 7) is 2.58. The minimum atomic E-state index is -0.414. The Labute approximate surface area is 151 Å². The highest BCUT2D eigenvalue weighted by atomic mass is 35.5. The number of benzene rings is 2. The summed E-state index contributed by atoms with van der Waals surface area (Å²) < 4.78 is 5.43. The van der Waals surface area contributed by atoms with Crippen molar-refractivity contribution in [3.05, 3.63) is 59.1 Å². The molecule has 132 valence electrons. The van der Waals surface area contributed by atoms with Crippen LogP contribution in [0, 0.1) is 0 Å². The second kappa shape index (κ2) is 8.20. The maximum Gasteiger partial charge on any atom is 0.241 e. The van der Waals surface area contributed by atoms with Crippen LogP contribution in [0.3, 0.4) is 0 Å². The van der Waals surface area contributed by atoms with Crippen molar-refractivity contribution in [1.82, 2.24) is 16.2 Å². The van der Waals surface area contributed by atoms with Crippen LogP contribution in [0.2, 0.25) is 5.02 Å². The lowest BCUT2D eigenvalue weighted by Gasteiger charge is -2.32. The van der Waals surface area contributed by atoms with Crippen molar-refractivity contribution in [2.75, 3.05) is 11.9 Å². The monoisotopic (exact) mass is 360 g/mol. The summed E-state index contributed by atoms with van der Waals surface area (Å²) in [6, 6.07) is 14.7. The van der Waals surface area contributed by atoms with E-state index in [-0.39, 0.29) is 11.9 Å². The fraction of sp³-hybridized carbons (Fsp3) is 0.278. The molecule has 1 heterocycles. The van der Waals surface area contributed by atoms with E-state index >= 15 is 0 Å². The van der Waals surface area contributed by atoms with Gasteiger partial charge in [0.15, 0.2) is 6.29 Å². The quantitative estimate of drug-likeness (QED) is 0.636. The Morgan fingerprint density at radius 2 is 1.96 bits per heavy atom. The first kappa shape index (κ1) is 17.5. The third-order valence-corrected chi connectivity index (χ3v) is 4.05. The Balaban J connectivity index is 1.54. The van der Waals surface area contributed by atoms with E-state index in [1.54, 1.807) is 12.1 Å². The molecule has 2 unspecified atom stereocenters. The van der Waals surface area contributed by atoms with Crippen LogP contribution in [-0.4, -0.2) is 24.8 Å². The Morgan fingerprint density at radius 1 is 1.16 bits per heavy atom. The Kier molecular flexibility index (Phi) is 5.75. The molecule has 1 aliphatic heterocycles. The predicted octanol–water partition coefficient (Wildman–Crippen LogP) is 2.27. The number of carbonyl (C=O) groups is 1. The summed E-state index contributed by atoms with van der Waals surface area (Å²) in [5, 5.41) is 6.68. The Hall–Kier alpha value is -2.28. The molecule has 0 bridgehead atoms. The van der Waals surface area contributed by atoms with Gasteiger partial charge in [-0.1, -0.05) is 29.8 Å². The van der Waals surface area contributed by atoms with Crippen molar-refractivity contribution < 1.29 is 9.53 Å². The molecule has 4 N–H and O–H groups in total. The molecular weight excluding hydrogens is 340 g/mol. The van der Waals surface area contributed by atoms with E-state index in [1.807, 2.05) is 43.3 Å². The number of halogens is 1. The highest BCUT2D eigenvalue weighted by molar-refractivity contribution is 6.30. The third kappa shape index (κ3) is 4.85. The zero-order chi connectivity index (χ0) is 17.6. The topological polar surface area (TPSA) is 74.4 Å². The lowest BCUT2D eigenvalue weighted by Crippen LogP contribution is -2.68. The molecule has 1 saturated heterocycles. The van der Waals surface area contributed by atoms with Gasteiger partial charge in [0.1, 0.15) is 11.8 Å². The number of ether oxygens (including phenoxy) is 1. The first-order chi connectivity index (χ1) is 12.1. The van der Waals surface area contributed by atoms with Crippen molar-refractivity contribution in [3.8, 4) is 5.75 Å². The van der Waals surface area contributed by atoms with Gasteiger partial charge in [0.05, 0.1) is 6.61 Å². The maximum absolute atomic E-state index is 12.3. The van der Waals surface area contributed by atoms with Gasteiger partial charge in [-0.2, -0.15) is 0 Å². The molecule has 6 nitrogen and oxygen atoms in total. The van der Waals surface area contributed by atoms with Crippen LogP contribution in [0.15, 0.2) is 48.5 Å². The van der Waals surface area contributed by atoms with Gasteiger partial charge in [-0.15, -0.1) is 0 Å². The van der Waals surface area contributed by atoms with E-state index in [4.69, 9.17) is 16.3 Å². The van der Waals surface area contributed by atoms with E-state index in [1.165, 1.54) is 0 Å². The normalized spacial score (nSPS) is 20.0. The number of anilines is 1. The predicted molar refractivity (Wildman–Crippen MR) is 98.4 cm³/mol. The van der Waals surface area contributed by atoms with Gasteiger partial charge in [-0.3, -0.25) is 4.79 Å². The molecule has 0 spiro atoms. The zero-order valence-electron chi connectivity index (χ0n) is 13.9. The molecule has 2 aromatic rings.